The fourth-order valence-corrected chi connectivity index (χ4v) is 6.36. The minimum Gasteiger partial charge on any atom is -0.381 e. The van der Waals surface area contributed by atoms with Crippen molar-refractivity contribution in [2.75, 3.05) is 12.0 Å². The van der Waals surface area contributed by atoms with E-state index in [4.69, 9.17) is 14.9 Å². The molecule has 1 aromatic heterocycles. The van der Waals surface area contributed by atoms with Crippen molar-refractivity contribution in [2.24, 2.45) is 5.14 Å². The highest BCUT2D eigenvalue weighted by atomic mass is 32.2. The molecule has 1 aliphatic heterocycles. The second-order valence-electron chi connectivity index (χ2n) is 9.91. The van der Waals surface area contributed by atoms with Gasteiger partial charge in [-0.2, -0.15) is 0 Å². The van der Waals surface area contributed by atoms with Crippen LogP contribution in [0.15, 0.2) is 36.4 Å². The Labute approximate surface area is 214 Å². The Morgan fingerprint density at radius 3 is 2.49 bits per heavy atom. The third kappa shape index (κ3) is 5.25. The molecule has 2 fully saturated rings. The van der Waals surface area contributed by atoms with Gasteiger partial charge in [0, 0.05) is 31.3 Å². The number of nitrogens with zero attached hydrogens (tertiary/aromatic N) is 3. The molecule has 2 heterocycles. The molecule has 0 bridgehead atoms. The molecule has 8 nitrogen and oxygen atoms in total. The summed E-state index contributed by atoms with van der Waals surface area (Å²) in [6.07, 6.45) is 5.17. The molecule has 11 heteroatoms. The van der Waals surface area contributed by atoms with E-state index in [9.17, 15) is 22.0 Å². The molecule has 1 saturated carbocycles. The van der Waals surface area contributed by atoms with Gasteiger partial charge in [0.05, 0.1) is 28.9 Å². The minimum atomic E-state index is -3.73. The number of halogens is 2. The second-order valence-corrected chi connectivity index (χ2v) is 11.5. The fourth-order valence-electron chi connectivity index (χ4n) is 5.72. The first-order valence-electron chi connectivity index (χ1n) is 12.5. The maximum absolute atomic E-state index is 14.2. The van der Waals surface area contributed by atoms with Gasteiger partial charge in [0.2, 0.25) is 15.9 Å². The normalized spacial score (nSPS) is 23.1. The van der Waals surface area contributed by atoms with E-state index in [-0.39, 0.29) is 29.5 Å². The molecule has 37 heavy (non-hydrogen) atoms. The summed E-state index contributed by atoms with van der Waals surface area (Å²) < 4.78 is 58.9. The molecule has 1 atom stereocenters. The van der Waals surface area contributed by atoms with Gasteiger partial charge >= 0.3 is 0 Å². The molecule has 0 unspecified atom stereocenters. The molecule has 3 aromatic rings. The Bertz CT molecular complexity index is 1430. The van der Waals surface area contributed by atoms with E-state index in [0.717, 1.165) is 43.3 Å². The van der Waals surface area contributed by atoms with Crippen molar-refractivity contribution in [1.82, 2.24) is 9.55 Å². The monoisotopic (exact) mass is 532 g/mol. The molecular weight excluding hydrogens is 502 g/mol. The number of hydrogen-bond acceptors (Lipinski definition) is 5. The maximum atomic E-state index is 14.2. The summed E-state index contributed by atoms with van der Waals surface area (Å²) in [4.78, 5) is 19.6. The van der Waals surface area contributed by atoms with Gasteiger partial charge in [0.25, 0.3) is 0 Å². The number of piperidine rings is 1. The van der Waals surface area contributed by atoms with Crippen molar-refractivity contribution in [2.45, 2.75) is 68.9 Å². The molecule has 198 valence electrons. The number of anilines is 1. The van der Waals surface area contributed by atoms with Crippen LogP contribution in [0.25, 0.3) is 11.0 Å². The van der Waals surface area contributed by atoms with Crippen molar-refractivity contribution >= 4 is 32.7 Å². The summed E-state index contributed by atoms with van der Waals surface area (Å²) in [7, 11) is -2.01. The Kier molecular flexibility index (Phi) is 7.03. The molecule has 1 saturated heterocycles. The number of nitrogens with two attached hydrogens (primary N) is 1. The lowest BCUT2D eigenvalue weighted by Crippen LogP contribution is -2.40. The third-order valence-electron chi connectivity index (χ3n) is 7.42. The first kappa shape index (κ1) is 25.7. The van der Waals surface area contributed by atoms with Crippen LogP contribution in [0.2, 0.25) is 0 Å². The van der Waals surface area contributed by atoms with Crippen molar-refractivity contribution in [3.63, 3.8) is 0 Å². The van der Waals surface area contributed by atoms with E-state index >= 15 is 0 Å². The van der Waals surface area contributed by atoms with Crippen LogP contribution >= 0.6 is 0 Å². The van der Waals surface area contributed by atoms with Gasteiger partial charge in [-0.25, -0.2) is 27.3 Å². The number of methoxy groups -OCH3 is 1. The van der Waals surface area contributed by atoms with Crippen molar-refractivity contribution in [3.05, 3.63) is 59.4 Å². The number of ether oxygens (including phenoxy) is 1. The molecule has 0 radical (unpaired) electrons. The van der Waals surface area contributed by atoms with Gasteiger partial charge in [-0.15, -0.1) is 0 Å². The second kappa shape index (κ2) is 10.1. The largest absolute Gasteiger partial charge is 0.381 e. The van der Waals surface area contributed by atoms with Crippen LogP contribution < -0.4 is 10.0 Å². The lowest BCUT2D eigenvalue weighted by Gasteiger charge is -2.37. The summed E-state index contributed by atoms with van der Waals surface area (Å²) in [6.45, 7) is 0. The lowest BCUT2D eigenvalue weighted by molar-refractivity contribution is -0.120. The average molecular weight is 533 g/mol. The highest BCUT2D eigenvalue weighted by molar-refractivity contribution is 7.88. The van der Waals surface area contributed by atoms with E-state index in [1.54, 1.807) is 19.2 Å². The molecule has 2 aliphatic rings. The van der Waals surface area contributed by atoms with Gasteiger partial charge in [-0.3, -0.25) is 4.79 Å². The van der Waals surface area contributed by atoms with Gasteiger partial charge in [0.15, 0.2) is 11.6 Å². The minimum absolute atomic E-state index is 0.0966. The molecule has 5 rings (SSSR count). The smallest absolute Gasteiger partial charge is 0.227 e. The number of rotatable bonds is 6. The van der Waals surface area contributed by atoms with Crippen LogP contribution in [0, 0.1) is 11.6 Å². The predicted molar refractivity (Wildman–Crippen MR) is 135 cm³/mol. The van der Waals surface area contributed by atoms with Crippen LogP contribution in [0.4, 0.5) is 14.5 Å². The number of amides is 1. The van der Waals surface area contributed by atoms with Crippen LogP contribution in [-0.4, -0.2) is 37.1 Å². The van der Waals surface area contributed by atoms with Gasteiger partial charge in [0.1, 0.15) is 5.82 Å². The van der Waals surface area contributed by atoms with Crippen molar-refractivity contribution < 1.29 is 26.7 Å². The number of carbonyl (C=O) groups is 1. The van der Waals surface area contributed by atoms with Crippen molar-refractivity contribution in [1.29, 1.82) is 0 Å². The van der Waals surface area contributed by atoms with Crippen LogP contribution in [-0.2, 0) is 25.3 Å². The number of primary sulfonamides is 1. The molecule has 1 amide bonds. The number of imidazole rings is 1. The van der Waals surface area contributed by atoms with E-state index in [2.05, 4.69) is 4.57 Å². The maximum Gasteiger partial charge on any atom is 0.227 e. The Morgan fingerprint density at radius 1 is 1.05 bits per heavy atom. The van der Waals surface area contributed by atoms with Gasteiger partial charge < -0.3 is 14.2 Å². The Hall–Kier alpha value is -2.89. The average Bonchev–Trinajstić information content (AvgIpc) is 3.23. The summed E-state index contributed by atoms with van der Waals surface area (Å²) in [5.41, 5.74) is 2.24. The number of benzene rings is 2. The van der Waals surface area contributed by atoms with E-state index in [1.807, 2.05) is 6.07 Å². The van der Waals surface area contributed by atoms with Gasteiger partial charge in [-0.1, -0.05) is 6.07 Å². The Morgan fingerprint density at radius 2 is 1.81 bits per heavy atom. The third-order valence-corrected chi connectivity index (χ3v) is 8.15. The summed E-state index contributed by atoms with van der Waals surface area (Å²) >= 11 is 0. The van der Waals surface area contributed by atoms with Gasteiger partial charge in [-0.05, 0) is 68.4 Å². The zero-order valence-corrected chi connectivity index (χ0v) is 21.4. The highest BCUT2D eigenvalue weighted by Gasteiger charge is 2.36. The van der Waals surface area contributed by atoms with Crippen LogP contribution in [0.3, 0.4) is 0 Å². The SMILES string of the molecule is COC1CCC(n2c([C@@H]3CCCC(=O)N3c3ccc(F)c(F)c3)nc3cc(CS(N)(=O)=O)ccc32)CC1. The topological polar surface area (TPSA) is 108 Å². The lowest BCUT2D eigenvalue weighted by atomic mass is 9.91. The molecule has 2 aromatic carbocycles. The molecule has 1 aliphatic carbocycles. The number of fused-ring (bicyclic) bond motifs is 1. The number of carbonyl (C=O) groups excluding carboxylic acids is 1. The fraction of sp³-hybridized carbons (Fsp3) is 0.462. The van der Waals surface area contributed by atoms with Crippen LogP contribution in [0.5, 0.6) is 0 Å². The summed E-state index contributed by atoms with van der Waals surface area (Å²) in [5, 5.41) is 5.26. The molecule has 2 N–H and O–H groups in total. The highest BCUT2D eigenvalue weighted by Crippen LogP contribution is 2.41. The number of hydrogen-bond donors (Lipinski definition) is 1. The number of sulfonamides is 1. The quantitative estimate of drug-likeness (QED) is 0.503. The van der Waals surface area contributed by atoms with Crippen molar-refractivity contribution in [3.8, 4) is 0 Å². The van der Waals surface area contributed by atoms with Crippen LogP contribution in [0.1, 0.15) is 68.4 Å². The summed E-state index contributed by atoms with van der Waals surface area (Å²) in [5.74, 6) is -1.84. The van der Waals surface area contributed by atoms with E-state index in [1.165, 1.54) is 11.0 Å². The Balaban J connectivity index is 1.63. The molecule has 0 spiro atoms. The van der Waals surface area contributed by atoms with E-state index < -0.39 is 27.7 Å². The number of aromatic nitrogens is 2. The predicted octanol–water partition coefficient (Wildman–Crippen LogP) is 4.49. The summed E-state index contributed by atoms with van der Waals surface area (Å²) in [6, 6.07) is 8.39. The zero-order valence-electron chi connectivity index (χ0n) is 20.6. The van der Waals surface area contributed by atoms with E-state index in [0.29, 0.717) is 36.2 Å². The first-order valence-corrected chi connectivity index (χ1v) is 14.2. The standard InChI is InChI=1S/C26H30F2N4O4S/c1-36-19-9-6-17(7-10-19)32-23-12-5-16(15-37(29,34)35)13-22(23)30-26(32)24-3-2-4-25(33)31(24)18-8-11-20(27)21(28)14-18/h5,8,11-14,17,19,24H,2-4,6-7,9-10,15H2,1H3,(H2,29,34,35)/t17?,19?,24-/m0/s1. The molecular formula is C26H30F2N4O4S. The first-order chi connectivity index (χ1) is 17.6. The zero-order chi connectivity index (χ0) is 26.3.